The Labute approximate surface area is 127 Å². The molecule has 0 bridgehead atoms. The van der Waals surface area contributed by atoms with Gasteiger partial charge in [-0.05, 0) is 31.2 Å². The van der Waals surface area contributed by atoms with Gasteiger partial charge in [-0.3, -0.25) is 0 Å². The van der Waals surface area contributed by atoms with Crippen LogP contribution >= 0.6 is 0 Å². The quantitative estimate of drug-likeness (QED) is 0.357. The van der Waals surface area contributed by atoms with Crippen molar-refractivity contribution in [2.45, 2.75) is 25.6 Å². The molecule has 0 aliphatic carbocycles. The predicted molar refractivity (Wildman–Crippen MR) is 68.2 cm³/mol. The number of benzene rings is 1. The first-order valence-electron chi connectivity index (χ1n) is 6.06. The second-order valence-electron chi connectivity index (χ2n) is 4.40. The molecule has 0 spiro atoms. The molecular formula is C14H11F5O4. The van der Waals surface area contributed by atoms with Crippen molar-refractivity contribution in [3.05, 3.63) is 42.0 Å². The minimum Gasteiger partial charge on any atom is -0.443 e. The van der Waals surface area contributed by atoms with Gasteiger partial charge in [0, 0.05) is 5.57 Å². The molecule has 1 unspecified atom stereocenters. The third-order valence-corrected chi connectivity index (χ3v) is 2.43. The number of halogens is 5. The first kappa shape index (κ1) is 18.6. The van der Waals surface area contributed by atoms with Crippen LogP contribution in [-0.4, -0.2) is 30.6 Å². The molecule has 0 heterocycles. The highest BCUT2D eigenvalue weighted by atomic mass is 19.4. The Morgan fingerprint density at radius 3 is 2.04 bits per heavy atom. The highest BCUT2D eigenvalue weighted by Crippen LogP contribution is 2.28. The van der Waals surface area contributed by atoms with Gasteiger partial charge in [-0.25, -0.2) is 18.4 Å². The second kappa shape index (κ2) is 7.21. The maximum Gasteiger partial charge on any atom is 0.431 e. The molecular weight excluding hydrogens is 327 g/mol. The third kappa shape index (κ3) is 5.35. The topological polar surface area (TPSA) is 52.6 Å². The van der Waals surface area contributed by atoms with E-state index in [1.807, 2.05) is 0 Å². The summed E-state index contributed by atoms with van der Waals surface area (Å²) in [6.45, 7) is 4.74. The largest absolute Gasteiger partial charge is 0.443 e. The first-order valence-corrected chi connectivity index (χ1v) is 6.06. The van der Waals surface area contributed by atoms with Crippen LogP contribution in [0.15, 0.2) is 36.4 Å². The normalized spacial score (nSPS) is 12.7. The predicted octanol–water partition coefficient (Wildman–Crippen LogP) is 3.52. The molecule has 126 valence electrons. The standard InChI is InChI=1S/C14H11F5O4/c1-7(2)12(20)22-9-5-3-8(4-6-9)13(21)23-10(11(15)16)14(17,18)19/h3-6,10-11H,1H2,2H3. The van der Waals surface area contributed by atoms with E-state index in [9.17, 15) is 31.5 Å². The minimum atomic E-state index is -5.39. The number of ether oxygens (including phenoxy) is 2. The van der Waals surface area contributed by atoms with Crippen LogP contribution in [0.25, 0.3) is 0 Å². The van der Waals surface area contributed by atoms with Crippen LogP contribution in [0.3, 0.4) is 0 Å². The fourth-order valence-corrected chi connectivity index (χ4v) is 1.30. The van der Waals surface area contributed by atoms with Crippen molar-refractivity contribution in [2.24, 2.45) is 0 Å². The average molecular weight is 338 g/mol. The van der Waals surface area contributed by atoms with Gasteiger partial charge in [-0.1, -0.05) is 6.58 Å². The summed E-state index contributed by atoms with van der Waals surface area (Å²) in [6, 6.07) is 4.15. The lowest BCUT2D eigenvalue weighted by atomic mass is 10.2. The number of carbonyl (C=O) groups excluding carboxylic acids is 2. The van der Waals surface area contributed by atoms with Gasteiger partial charge in [0.25, 0.3) is 12.5 Å². The van der Waals surface area contributed by atoms with Gasteiger partial charge in [-0.2, -0.15) is 13.2 Å². The van der Waals surface area contributed by atoms with Crippen LogP contribution in [-0.2, 0) is 9.53 Å². The van der Waals surface area contributed by atoms with Crippen LogP contribution in [0.2, 0.25) is 0 Å². The smallest absolute Gasteiger partial charge is 0.431 e. The lowest BCUT2D eigenvalue weighted by Gasteiger charge is -2.19. The Hall–Kier alpha value is -2.45. The molecule has 23 heavy (non-hydrogen) atoms. The van der Waals surface area contributed by atoms with Crippen LogP contribution in [0.1, 0.15) is 17.3 Å². The highest BCUT2D eigenvalue weighted by molar-refractivity contribution is 5.90. The minimum absolute atomic E-state index is 0.00391. The van der Waals surface area contributed by atoms with E-state index in [0.717, 1.165) is 24.3 Å². The number of carbonyl (C=O) groups is 2. The van der Waals surface area contributed by atoms with E-state index in [1.54, 1.807) is 0 Å². The Bertz CT molecular complexity index is 592. The number of alkyl halides is 5. The summed E-state index contributed by atoms with van der Waals surface area (Å²) in [5, 5.41) is 0. The number of hydrogen-bond donors (Lipinski definition) is 0. The van der Waals surface area contributed by atoms with Crippen molar-refractivity contribution in [1.29, 1.82) is 0 Å². The molecule has 1 atom stereocenters. The van der Waals surface area contributed by atoms with Gasteiger partial charge in [0.15, 0.2) is 0 Å². The maximum absolute atomic E-state index is 12.3. The highest BCUT2D eigenvalue weighted by Gasteiger charge is 2.49. The fraction of sp³-hybridized carbons (Fsp3) is 0.286. The monoisotopic (exact) mass is 338 g/mol. The van der Waals surface area contributed by atoms with Crippen LogP contribution in [0, 0.1) is 0 Å². The van der Waals surface area contributed by atoms with E-state index < -0.39 is 36.2 Å². The van der Waals surface area contributed by atoms with Gasteiger partial charge in [0.2, 0.25) is 0 Å². The molecule has 0 saturated carbocycles. The van der Waals surface area contributed by atoms with Gasteiger partial charge < -0.3 is 9.47 Å². The Kier molecular flexibility index (Phi) is 5.83. The van der Waals surface area contributed by atoms with E-state index in [0.29, 0.717) is 0 Å². The lowest BCUT2D eigenvalue weighted by Crippen LogP contribution is -2.39. The molecule has 9 heteroatoms. The zero-order valence-electron chi connectivity index (χ0n) is 11.7. The third-order valence-electron chi connectivity index (χ3n) is 2.43. The van der Waals surface area contributed by atoms with E-state index in [-0.39, 0.29) is 11.3 Å². The van der Waals surface area contributed by atoms with E-state index >= 15 is 0 Å². The molecule has 1 rings (SSSR count). The SMILES string of the molecule is C=C(C)C(=O)Oc1ccc(C(=O)OC(C(F)F)C(F)(F)F)cc1. The molecule has 0 radical (unpaired) electrons. The lowest BCUT2D eigenvalue weighted by molar-refractivity contribution is -0.236. The van der Waals surface area contributed by atoms with E-state index in [1.165, 1.54) is 6.92 Å². The summed E-state index contributed by atoms with van der Waals surface area (Å²) in [7, 11) is 0. The van der Waals surface area contributed by atoms with Crippen LogP contribution < -0.4 is 4.74 Å². The summed E-state index contributed by atoms with van der Waals surface area (Å²) >= 11 is 0. The molecule has 0 aliphatic rings. The zero-order valence-corrected chi connectivity index (χ0v) is 11.7. The van der Waals surface area contributed by atoms with Crippen molar-refractivity contribution in [1.82, 2.24) is 0 Å². The molecule has 1 aromatic rings. The molecule has 0 fully saturated rings. The Balaban J connectivity index is 2.81. The molecule has 0 N–H and O–H groups in total. The fourth-order valence-electron chi connectivity index (χ4n) is 1.30. The summed E-state index contributed by atoms with van der Waals surface area (Å²) in [5.74, 6) is -2.32. The van der Waals surface area contributed by atoms with E-state index in [4.69, 9.17) is 4.74 Å². The summed E-state index contributed by atoms with van der Waals surface area (Å²) < 4.78 is 70.1. The number of rotatable bonds is 5. The molecule has 0 saturated heterocycles. The van der Waals surface area contributed by atoms with Crippen molar-refractivity contribution in [3.8, 4) is 5.75 Å². The van der Waals surface area contributed by atoms with Crippen molar-refractivity contribution in [3.63, 3.8) is 0 Å². The zero-order chi connectivity index (χ0) is 17.8. The molecule has 0 amide bonds. The Morgan fingerprint density at radius 2 is 1.65 bits per heavy atom. The van der Waals surface area contributed by atoms with Gasteiger partial charge in [0.1, 0.15) is 5.75 Å². The summed E-state index contributed by atoms with van der Waals surface area (Å²) in [6.07, 6.45) is -12.8. The molecule has 0 aliphatic heterocycles. The first-order chi connectivity index (χ1) is 10.5. The van der Waals surface area contributed by atoms with Crippen LogP contribution in [0.4, 0.5) is 22.0 Å². The maximum atomic E-state index is 12.3. The second-order valence-corrected chi connectivity index (χ2v) is 4.40. The molecule has 1 aromatic carbocycles. The van der Waals surface area contributed by atoms with Crippen molar-refractivity contribution < 1.29 is 41.0 Å². The Morgan fingerprint density at radius 1 is 1.13 bits per heavy atom. The summed E-state index contributed by atoms with van der Waals surface area (Å²) in [5.41, 5.74) is -0.298. The molecule has 4 nitrogen and oxygen atoms in total. The van der Waals surface area contributed by atoms with Gasteiger partial charge >= 0.3 is 18.1 Å². The van der Waals surface area contributed by atoms with E-state index in [2.05, 4.69) is 11.3 Å². The van der Waals surface area contributed by atoms with Crippen molar-refractivity contribution >= 4 is 11.9 Å². The summed E-state index contributed by atoms with van der Waals surface area (Å²) in [4.78, 5) is 22.7. The van der Waals surface area contributed by atoms with Crippen molar-refractivity contribution in [2.75, 3.05) is 0 Å². The number of esters is 2. The average Bonchev–Trinajstić information content (AvgIpc) is 2.43. The number of hydrogen-bond acceptors (Lipinski definition) is 4. The van der Waals surface area contributed by atoms with Gasteiger partial charge in [-0.15, -0.1) is 0 Å². The van der Waals surface area contributed by atoms with Gasteiger partial charge in [0.05, 0.1) is 5.56 Å². The van der Waals surface area contributed by atoms with Crippen LogP contribution in [0.5, 0.6) is 5.75 Å². The molecule has 0 aromatic heterocycles.